The highest BCUT2D eigenvalue weighted by Gasteiger charge is 2.37. The van der Waals surface area contributed by atoms with E-state index in [1.54, 1.807) is 25.1 Å². The number of hydrogen-bond acceptors (Lipinski definition) is 2. The summed E-state index contributed by atoms with van der Waals surface area (Å²) in [5, 5.41) is 1.78. The van der Waals surface area contributed by atoms with E-state index < -0.39 is 23.8 Å². The van der Waals surface area contributed by atoms with Crippen molar-refractivity contribution in [1.29, 1.82) is 0 Å². The number of ether oxygens (including phenoxy) is 1. The second-order valence-electron chi connectivity index (χ2n) is 6.35. The van der Waals surface area contributed by atoms with E-state index in [9.17, 15) is 18.0 Å². The van der Waals surface area contributed by atoms with Gasteiger partial charge in [0.15, 0.2) is 5.78 Å². The molecular weight excluding hydrogens is 341 g/mol. The Hall–Kier alpha value is -2.30. The summed E-state index contributed by atoms with van der Waals surface area (Å²) in [5.74, 6) is -1.98. The Labute approximate surface area is 151 Å². The van der Waals surface area contributed by atoms with Gasteiger partial charge in [-0.25, -0.2) is 0 Å². The highest BCUT2D eigenvalue weighted by atomic mass is 19.4. The first-order valence-corrected chi connectivity index (χ1v) is 8.77. The molecule has 1 unspecified atom stereocenters. The molecule has 0 aliphatic carbocycles. The van der Waals surface area contributed by atoms with Crippen LogP contribution in [0.3, 0.4) is 0 Å². The zero-order chi connectivity index (χ0) is 19.3. The molecule has 0 saturated carbocycles. The smallest absolute Gasteiger partial charge is 0.449 e. The summed E-state index contributed by atoms with van der Waals surface area (Å²) in [5.41, 5.74) is 1.40. The van der Waals surface area contributed by atoms with Gasteiger partial charge in [0.2, 0.25) is 5.76 Å². The maximum atomic E-state index is 13.1. The molecule has 2 aromatic carbocycles. The van der Waals surface area contributed by atoms with E-state index in [2.05, 4.69) is 6.92 Å². The number of allylic oxidation sites excluding steroid dienone is 2. The van der Waals surface area contributed by atoms with E-state index in [-0.39, 0.29) is 5.56 Å². The fraction of sp³-hybridized carbons (Fsp3) is 0.381. The van der Waals surface area contributed by atoms with Crippen molar-refractivity contribution in [3.63, 3.8) is 0 Å². The van der Waals surface area contributed by atoms with Crippen LogP contribution < -0.4 is 0 Å². The number of aryl methyl sites for hydroxylation is 1. The van der Waals surface area contributed by atoms with Gasteiger partial charge >= 0.3 is 6.18 Å². The Bertz CT molecular complexity index is 806. The molecule has 0 aromatic heterocycles. The van der Waals surface area contributed by atoms with Crippen molar-refractivity contribution in [2.45, 2.75) is 52.3 Å². The van der Waals surface area contributed by atoms with Crippen molar-refractivity contribution in [3.05, 3.63) is 59.4 Å². The molecule has 0 amide bonds. The van der Waals surface area contributed by atoms with E-state index in [0.717, 1.165) is 23.6 Å². The van der Waals surface area contributed by atoms with Gasteiger partial charge in [-0.15, -0.1) is 0 Å². The van der Waals surface area contributed by atoms with Crippen LogP contribution >= 0.6 is 0 Å². The molecule has 0 bridgehead atoms. The summed E-state index contributed by atoms with van der Waals surface area (Å²) in [7, 11) is 0. The molecule has 2 rings (SSSR count). The molecule has 2 nitrogen and oxygen atoms in total. The molecule has 0 fully saturated rings. The predicted octanol–water partition coefficient (Wildman–Crippen LogP) is 6.24. The van der Waals surface area contributed by atoms with Crippen LogP contribution in [-0.2, 0) is 11.2 Å². The molecule has 0 aliphatic rings. The molecule has 0 aliphatic heterocycles. The molecule has 0 heterocycles. The maximum Gasteiger partial charge on any atom is 0.449 e. The number of carbonyl (C=O) groups excluding carboxylic acids is 1. The van der Waals surface area contributed by atoms with Crippen molar-refractivity contribution in [2.24, 2.45) is 0 Å². The summed E-state index contributed by atoms with van der Waals surface area (Å²) in [6.45, 7) is 5.35. The second kappa shape index (κ2) is 8.39. The lowest BCUT2D eigenvalue weighted by Crippen LogP contribution is -2.20. The van der Waals surface area contributed by atoms with Crippen molar-refractivity contribution in [1.82, 2.24) is 0 Å². The number of ketones is 1. The number of hydrogen-bond donors (Lipinski definition) is 0. The summed E-state index contributed by atoms with van der Waals surface area (Å²) in [4.78, 5) is 12.3. The highest BCUT2D eigenvalue weighted by molar-refractivity contribution is 6.07. The molecule has 26 heavy (non-hydrogen) atoms. The summed E-state index contributed by atoms with van der Waals surface area (Å²) in [6.07, 6.45) is -2.38. The first-order chi connectivity index (χ1) is 12.2. The largest absolute Gasteiger partial charge is 0.486 e. The van der Waals surface area contributed by atoms with Gasteiger partial charge in [0.1, 0.15) is 0 Å². The number of fused-ring (bicyclic) bond motifs is 1. The first-order valence-electron chi connectivity index (χ1n) is 8.77. The normalized spacial score (nSPS) is 13.7. The minimum atomic E-state index is -4.70. The van der Waals surface area contributed by atoms with E-state index in [0.29, 0.717) is 12.5 Å². The molecule has 5 heteroatoms. The third kappa shape index (κ3) is 5.10. The van der Waals surface area contributed by atoms with Gasteiger partial charge in [-0.05, 0) is 42.2 Å². The Kier molecular flexibility index (Phi) is 6.46. The van der Waals surface area contributed by atoms with Gasteiger partial charge in [-0.3, -0.25) is 4.79 Å². The highest BCUT2D eigenvalue weighted by Crippen LogP contribution is 2.29. The Balaban J connectivity index is 2.33. The number of benzene rings is 2. The summed E-state index contributed by atoms with van der Waals surface area (Å²) in [6, 6.07) is 10.8. The Morgan fingerprint density at radius 1 is 1.12 bits per heavy atom. The lowest BCUT2D eigenvalue weighted by Gasteiger charge is -2.17. The summed E-state index contributed by atoms with van der Waals surface area (Å²) < 4.78 is 44.3. The first kappa shape index (κ1) is 20.0. The number of carbonyl (C=O) groups is 1. The van der Waals surface area contributed by atoms with Crippen molar-refractivity contribution in [3.8, 4) is 0 Å². The van der Waals surface area contributed by atoms with Gasteiger partial charge in [0.25, 0.3) is 0 Å². The third-order valence-corrected chi connectivity index (χ3v) is 4.17. The van der Waals surface area contributed by atoms with Crippen LogP contribution in [0.5, 0.6) is 0 Å². The fourth-order valence-electron chi connectivity index (χ4n) is 2.58. The average Bonchev–Trinajstić information content (AvgIpc) is 2.59. The zero-order valence-electron chi connectivity index (χ0n) is 15.2. The quantitative estimate of drug-likeness (QED) is 0.330. The minimum Gasteiger partial charge on any atom is -0.486 e. The molecule has 0 saturated heterocycles. The average molecular weight is 364 g/mol. The van der Waals surface area contributed by atoms with Crippen molar-refractivity contribution < 1.29 is 22.7 Å². The van der Waals surface area contributed by atoms with Gasteiger partial charge < -0.3 is 4.74 Å². The molecular formula is C21H23F3O2. The summed E-state index contributed by atoms with van der Waals surface area (Å²) >= 11 is 0. The number of alkyl halides is 3. The van der Waals surface area contributed by atoms with Crippen LogP contribution in [0.25, 0.3) is 10.8 Å². The van der Waals surface area contributed by atoms with Gasteiger partial charge in [-0.2, -0.15) is 13.2 Å². The number of rotatable bonds is 7. The lowest BCUT2D eigenvalue weighted by molar-refractivity contribution is -0.138. The van der Waals surface area contributed by atoms with Gasteiger partial charge in [-0.1, -0.05) is 50.6 Å². The van der Waals surface area contributed by atoms with Crippen LogP contribution in [0, 0.1) is 0 Å². The van der Waals surface area contributed by atoms with Crippen LogP contribution in [0.2, 0.25) is 0 Å². The molecule has 0 N–H and O–H groups in total. The molecule has 0 radical (unpaired) electrons. The van der Waals surface area contributed by atoms with Crippen LogP contribution in [-0.4, -0.2) is 18.1 Å². The molecule has 0 spiro atoms. The zero-order valence-corrected chi connectivity index (χ0v) is 15.2. The molecule has 1 atom stereocenters. The van der Waals surface area contributed by atoms with Crippen LogP contribution in [0.15, 0.2) is 48.2 Å². The SMILES string of the molecule is CCCc1ccc2cc(C(=O)/C=C(\OC(C)CC)C(F)(F)F)ccc2c1. The Morgan fingerprint density at radius 2 is 1.77 bits per heavy atom. The van der Waals surface area contributed by atoms with Crippen LogP contribution in [0.1, 0.15) is 49.5 Å². The third-order valence-electron chi connectivity index (χ3n) is 4.17. The van der Waals surface area contributed by atoms with Gasteiger partial charge in [0.05, 0.1) is 6.10 Å². The maximum absolute atomic E-state index is 13.1. The fourth-order valence-corrected chi connectivity index (χ4v) is 2.58. The van der Waals surface area contributed by atoms with Crippen molar-refractivity contribution in [2.75, 3.05) is 0 Å². The standard InChI is InChI=1S/C21H23F3O2/c1-4-6-15-7-8-17-12-18(10-9-16(17)11-15)19(25)13-20(21(22,23)24)26-14(3)5-2/h7-14H,4-6H2,1-3H3/b20-13-. The second-order valence-corrected chi connectivity index (χ2v) is 6.35. The molecule has 2 aromatic rings. The molecule has 140 valence electrons. The lowest BCUT2D eigenvalue weighted by atomic mass is 10.0. The van der Waals surface area contributed by atoms with Gasteiger partial charge in [0, 0.05) is 11.6 Å². The van der Waals surface area contributed by atoms with Crippen molar-refractivity contribution >= 4 is 16.6 Å². The van der Waals surface area contributed by atoms with E-state index in [4.69, 9.17) is 4.74 Å². The topological polar surface area (TPSA) is 26.3 Å². The van der Waals surface area contributed by atoms with E-state index >= 15 is 0 Å². The predicted molar refractivity (Wildman–Crippen MR) is 97.2 cm³/mol. The van der Waals surface area contributed by atoms with E-state index in [1.807, 2.05) is 18.2 Å². The minimum absolute atomic E-state index is 0.204. The van der Waals surface area contributed by atoms with E-state index in [1.165, 1.54) is 12.5 Å². The van der Waals surface area contributed by atoms with Crippen LogP contribution in [0.4, 0.5) is 13.2 Å². The monoisotopic (exact) mass is 364 g/mol. The number of halogens is 3. The Morgan fingerprint density at radius 3 is 2.38 bits per heavy atom.